The van der Waals surface area contributed by atoms with Crippen molar-refractivity contribution in [2.24, 2.45) is 0 Å². The van der Waals surface area contributed by atoms with Gasteiger partial charge in [-0.1, -0.05) is 25.4 Å². The van der Waals surface area contributed by atoms with Crippen molar-refractivity contribution in [3.8, 4) is 5.75 Å². The highest BCUT2D eigenvalue weighted by Crippen LogP contribution is 2.29. The lowest BCUT2D eigenvalue weighted by molar-refractivity contribution is -0.120. The van der Waals surface area contributed by atoms with Crippen molar-refractivity contribution < 1.29 is 14.3 Å². The summed E-state index contributed by atoms with van der Waals surface area (Å²) < 4.78 is 13.3. The Morgan fingerprint density at radius 2 is 2.05 bits per heavy atom. The van der Waals surface area contributed by atoms with Gasteiger partial charge in [0.1, 0.15) is 11.6 Å². The van der Waals surface area contributed by atoms with E-state index in [1.54, 1.807) is 23.8 Å². The number of carbonyl (C=O) groups is 1. The Morgan fingerprint density at radius 3 is 2.76 bits per heavy atom. The maximum Gasteiger partial charge on any atom is 0.293 e. The van der Waals surface area contributed by atoms with E-state index in [4.69, 9.17) is 26.1 Å². The predicted octanol–water partition coefficient (Wildman–Crippen LogP) is 5.13. The third-order valence-electron chi connectivity index (χ3n) is 6.36. The molecule has 1 aromatic carbocycles. The van der Waals surface area contributed by atoms with Crippen LogP contribution in [0.25, 0.3) is 10.9 Å². The van der Waals surface area contributed by atoms with Gasteiger partial charge in [0.05, 0.1) is 23.9 Å². The van der Waals surface area contributed by atoms with Crippen LogP contribution in [0.15, 0.2) is 35.3 Å². The zero-order valence-electron chi connectivity index (χ0n) is 22.0. The number of aromatic nitrogens is 3. The Morgan fingerprint density at radius 1 is 1.27 bits per heavy atom. The minimum atomic E-state index is -0.263. The summed E-state index contributed by atoms with van der Waals surface area (Å²) in [6.07, 6.45) is 3.07. The van der Waals surface area contributed by atoms with E-state index in [0.29, 0.717) is 36.3 Å². The van der Waals surface area contributed by atoms with Crippen LogP contribution in [0, 0.1) is 0 Å². The molecule has 3 heterocycles. The summed E-state index contributed by atoms with van der Waals surface area (Å²) in [6.45, 7) is 11.1. The molecule has 0 spiro atoms. The molecule has 1 saturated heterocycles. The minimum absolute atomic E-state index is 0.0693. The van der Waals surface area contributed by atoms with E-state index in [1.165, 1.54) is 0 Å². The van der Waals surface area contributed by atoms with Crippen LogP contribution in [0.5, 0.6) is 5.75 Å². The Hall–Kier alpha value is -3.17. The van der Waals surface area contributed by atoms with Gasteiger partial charge in [0.15, 0.2) is 17.4 Å². The molecule has 0 saturated carbocycles. The Bertz CT molecular complexity index is 1340. The summed E-state index contributed by atoms with van der Waals surface area (Å²) in [7, 11) is 0. The van der Waals surface area contributed by atoms with Crippen LogP contribution in [-0.2, 0) is 9.53 Å². The number of pyridine rings is 1. The summed E-state index contributed by atoms with van der Waals surface area (Å²) in [5, 5.41) is 4.48. The number of Topliss-reactive ketones (excluding diaryl/α,β-unsaturated/α-hetero) is 1. The van der Waals surface area contributed by atoms with Crippen LogP contribution in [0.1, 0.15) is 53.5 Å². The second-order valence-corrected chi connectivity index (χ2v) is 10.0. The summed E-state index contributed by atoms with van der Waals surface area (Å²) in [4.78, 5) is 36.1. The fraction of sp³-hybridized carbons (Fsp3) is 0.481. The van der Waals surface area contributed by atoms with Gasteiger partial charge in [-0.2, -0.15) is 4.98 Å². The second-order valence-electron chi connectivity index (χ2n) is 9.61. The smallest absolute Gasteiger partial charge is 0.293 e. The van der Waals surface area contributed by atoms with Gasteiger partial charge in [0, 0.05) is 36.6 Å². The molecule has 1 aliphatic rings. The van der Waals surface area contributed by atoms with Gasteiger partial charge in [-0.05, 0) is 51.5 Å². The van der Waals surface area contributed by atoms with Crippen LogP contribution in [0.4, 0.5) is 17.5 Å². The first-order valence-electron chi connectivity index (χ1n) is 12.7. The number of ether oxygens (including phenoxy) is 2. The molecule has 1 N–H and O–H groups in total. The molecular weight excluding hydrogens is 494 g/mol. The van der Waals surface area contributed by atoms with Crippen molar-refractivity contribution in [3.05, 3.63) is 45.8 Å². The number of morpholine rings is 1. The molecule has 4 rings (SSSR count). The SMILES string of the molecule is CCC(=O)COc1cc2cc(Nc3nc(N4C[C@@H](CC)O[C@H](C)C4)ncc3Cl)ccc2n(C(C)C)c1=O. The zero-order valence-corrected chi connectivity index (χ0v) is 22.7. The summed E-state index contributed by atoms with van der Waals surface area (Å²) >= 11 is 6.46. The van der Waals surface area contributed by atoms with Crippen molar-refractivity contribution in [2.45, 2.75) is 65.7 Å². The van der Waals surface area contributed by atoms with Gasteiger partial charge in [-0.3, -0.25) is 9.59 Å². The highest BCUT2D eigenvalue weighted by molar-refractivity contribution is 6.32. The fourth-order valence-electron chi connectivity index (χ4n) is 4.44. The molecule has 37 heavy (non-hydrogen) atoms. The van der Waals surface area contributed by atoms with Gasteiger partial charge in [-0.25, -0.2) is 4.98 Å². The third kappa shape index (κ3) is 6.05. The van der Waals surface area contributed by atoms with Gasteiger partial charge >= 0.3 is 0 Å². The van der Waals surface area contributed by atoms with Crippen LogP contribution in [-0.4, -0.2) is 52.2 Å². The van der Waals surface area contributed by atoms with Crippen molar-refractivity contribution in [1.82, 2.24) is 14.5 Å². The van der Waals surface area contributed by atoms with E-state index in [-0.39, 0.29) is 41.9 Å². The maximum atomic E-state index is 13.1. The highest BCUT2D eigenvalue weighted by atomic mass is 35.5. The fourth-order valence-corrected chi connectivity index (χ4v) is 4.58. The number of anilines is 3. The number of nitrogens with zero attached hydrogens (tertiary/aromatic N) is 4. The van der Waals surface area contributed by atoms with Crippen LogP contribution < -0.4 is 20.5 Å². The van der Waals surface area contributed by atoms with Crippen molar-refractivity contribution in [2.75, 3.05) is 29.9 Å². The predicted molar refractivity (Wildman–Crippen MR) is 147 cm³/mol. The number of benzene rings is 1. The topological polar surface area (TPSA) is 98.6 Å². The number of hydrogen-bond donors (Lipinski definition) is 1. The molecule has 0 aliphatic carbocycles. The average Bonchev–Trinajstić information content (AvgIpc) is 2.87. The van der Waals surface area contributed by atoms with E-state index < -0.39 is 0 Å². The standard InChI is InChI=1S/C27H34ClN5O4/c1-6-20(34)15-36-24-11-18-10-19(8-9-23(18)33(16(3)4)26(24)35)30-25-22(28)12-29-27(31-25)32-13-17(5)37-21(7-2)14-32/h8-12,16-17,21H,6-7,13-15H2,1-5H3,(H,29,30,31)/t17-,21-/m1/s1. The van der Waals surface area contributed by atoms with Crippen LogP contribution in [0.2, 0.25) is 5.02 Å². The number of hydrogen-bond acceptors (Lipinski definition) is 8. The third-order valence-corrected chi connectivity index (χ3v) is 6.64. The second kappa shape index (κ2) is 11.5. The summed E-state index contributed by atoms with van der Waals surface area (Å²) in [5.74, 6) is 1.15. The molecular formula is C27H34ClN5O4. The monoisotopic (exact) mass is 527 g/mol. The van der Waals surface area contributed by atoms with Gasteiger partial charge in [0.25, 0.3) is 5.56 Å². The molecule has 0 unspecified atom stereocenters. The molecule has 0 bridgehead atoms. The van der Waals surface area contributed by atoms with E-state index in [9.17, 15) is 9.59 Å². The van der Waals surface area contributed by atoms with E-state index in [0.717, 1.165) is 23.0 Å². The number of ketones is 1. The summed E-state index contributed by atoms with van der Waals surface area (Å²) in [5.41, 5.74) is 1.24. The Labute approximate surface area is 221 Å². The Kier molecular flexibility index (Phi) is 8.34. The molecule has 10 heteroatoms. The molecule has 0 amide bonds. The first-order valence-corrected chi connectivity index (χ1v) is 13.1. The number of carbonyl (C=O) groups excluding carboxylic acids is 1. The Balaban J connectivity index is 1.66. The molecule has 3 aromatic rings. The molecule has 198 valence electrons. The molecule has 2 atom stereocenters. The average molecular weight is 528 g/mol. The van der Waals surface area contributed by atoms with Crippen LogP contribution in [0.3, 0.4) is 0 Å². The lowest BCUT2D eigenvalue weighted by Crippen LogP contribution is -2.47. The molecule has 0 radical (unpaired) electrons. The van der Waals surface area contributed by atoms with Crippen molar-refractivity contribution in [3.63, 3.8) is 0 Å². The molecule has 1 aliphatic heterocycles. The normalized spacial score (nSPS) is 17.9. The van der Waals surface area contributed by atoms with E-state index in [1.807, 2.05) is 39.0 Å². The maximum absolute atomic E-state index is 13.1. The van der Waals surface area contributed by atoms with Crippen molar-refractivity contribution >= 4 is 45.7 Å². The zero-order chi connectivity index (χ0) is 26.7. The number of fused-ring (bicyclic) bond motifs is 1. The largest absolute Gasteiger partial charge is 0.480 e. The quantitative estimate of drug-likeness (QED) is 0.409. The molecule has 1 fully saturated rings. The lowest BCUT2D eigenvalue weighted by atomic mass is 10.1. The summed E-state index contributed by atoms with van der Waals surface area (Å²) in [6, 6.07) is 7.25. The first-order chi connectivity index (χ1) is 17.7. The molecule has 2 aromatic heterocycles. The van der Waals surface area contributed by atoms with Gasteiger partial charge in [0.2, 0.25) is 5.95 Å². The van der Waals surface area contributed by atoms with Gasteiger partial charge < -0.3 is 24.3 Å². The lowest BCUT2D eigenvalue weighted by Gasteiger charge is -2.36. The van der Waals surface area contributed by atoms with Crippen LogP contribution >= 0.6 is 11.6 Å². The van der Waals surface area contributed by atoms with Crippen molar-refractivity contribution in [1.29, 1.82) is 0 Å². The molecule has 9 nitrogen and oxygen atoms in total. The first kappa shape index (κ1) is 26.9. The van der Waals surface area contributed by atoms with E-state index in [2.05, 4.69) is 22.1 Å². The van der Waals surface area contributed by atoms with Gasteiger partial charge in [-0.15, -0.1) is 0 Å². The minimum Gasteiger partial charge on any atom is -0.480 e. The highest BCUT2D eigenvalue weighted by Gasteiger charge is 2.26. The number of halogens is 1. The number of nitrogens with one attached hydrogen (secondary N) is 1. The van der Waals surface area contributed by atoms with E-state index >= 15 is 0 Å². The number of rotatable bonds is 9.